The minimum Gasteiger partial charge on any atom is -0.481 e. The third-order valence-corrected chi connectivity index (χ3v) is 3.62. The number of ether oxygens (including phenoxy) is 2. The van der Waals surface area contributed by atoms with Gasteiger partial charge in [-0.1, -0.05) is 6.07 Å². The lowest BCUT2D eigenvalue weighted by Crippen LogP contribution is -2.36. The van der Waals surface area contributed by atoms with Crippen molar-refractivity contribution < 1.29 is 13.9 Å². The van der Waals surface area contributed by atoms with Gasteiger partial charge in [-0.25, -0.2) is 9.37 Å². The molecule has 2 aromatic rings. The number of hydrogen-bond donors (Lipinski definition) is 0. The molecule has 1 aromatic carbocycles. The summed E-state index contributed by atoms with van der Waals surface area (Å²) in [6.45, 7) is 2.68. The van der Waals surface area contributed by atoms with Crippen LogP contribution in [-0.4, -0.2) is 44.6 Å². The summed E-state index contributed by atoms with van der Waals surface area (Å²) in [5.74, 6) is 0.286. The van der Waals surface area contributed by atoms with Gasteiger partial charge in [-0.05, 0) is 23.8 Å². The van der Waals surface area contributed by atoms with Crippen molar-refractivity contribution in [2.45, 2.75) is 0 Å². The van der Waals surface area contributed by atoms with E-state index in [0.29, 0.717) is 49.1 Å². The predicted molar refractivity (Wildman–Crippen MR) is 87.5 cm³/mol. The highest BCUT2D eigenvalue weighted by atomic mass is 19.1. The fraction of sp³-hybridized carbons (Fsp3) is 0.294. The van der Waals surface area contributed by atoms with Crippen molar-refractivity contribution in [1.29, 1.82) is 0 Å². The molecule has 1 fully saturated rings. The number of methoxy groups -OCH3 is 1. The fourth-order valence-corrected chi connectivity index (χ4v) is 2.38. The number of morpholine rings is 1. The first-order valence-electron chi connectivity index (χ1n) is 7.42. The molecule has 120 valence electrons. The van der Waals surface area contributed by atoms with Crippen molar-refractivity contribution in [3.05, 3.63) is 47.9 Å². The minimum absolute atomic E-state index is 0.247. The molecule has 0 saturated carbocycles. The van der Waals surface area contributed by atoms with Crippen molar-refractivity contribution in [2.75, 3.05) is 38.3 Å². The van der Waals surface area contributed by atoms with Crippen molar-refractivity contribution in [2.24, 2.45) is 4.99 Å². The van der Waals surface area contributed by atoms with E-state index in [1.165, 1.54) is 6.07 Å². The summed E-state index contributed by atoms with van der Waals surface area (Å²) in [4.78, 5) is 10.4. The Balaban J connectivity index is 1.72. The smallest absolute Gasteiger partial charge is 0.213 e. The molecule has 1 saturated heterocycles. The molecule has 3 rings (SSSR count). The molecule has 0 amide bonds. The standard InChI is InChI=1S/C17H18FN3O2/c1-22-17-5-3-14(12-20-17)19-11-13-2-4-16(15(18)10-13)21-6-8-23-9-7-21/h2-5,10-12H,6-9H2,1H3. The molecule has 1 aliphatic rings. The Bertz CT molecular complexity index is 683. The zero-order valence-electron chi connectivity index (χ0n) is 12.9. The first-order valence-corrected chi connectivity index (χ1v) is 7.42. The molecule has 0 radical (unpaired) electrons. The topological polar surface area (TPSA) is 47.0 Å². The largest absolute Gasteiger partial charge is 0.481 e. The van der Waals surface area contributed by atoms with E-state index in [9.17, 15) is 4.39 Å². The van der Waals surface area contributed by atoms with Gasteiger partial charge in [-0.15, -0.1) is 0 Å². The maximum Gasteiger partial charge on any atom is 0.213 e. The molecule has 0 bridgehead atoms. The number of pyridine rings is 1. The van der Waals surface area contributed by atoms with Crippen LogP contribution in [0, 0.1) is 5.82 Å². The highest BCUT2D eigenvalue weighted by Crippen LogP contribution is 2.21. The second kappa shape index (κ2) is 7.19. The van der Waals surface area contributed by atoms with Gasteiger partial charge in [0.1, 0.15) is 5.82 Å². The van der Waals surface area contributed by atoms with E-state index >= 15 is 0 Å². The fourth-order valence-electron chi connectivity index (χ4n) is 2.38. The molecule has 0 aliphatic carbocycles. The molecule has 6 heteroatoms. The van der Waals surface area contributed by atoms with Gasteiger partial charge >= 0.3 is 0 Å². The van der Waals surface area contributed by atoms with E-state index in [4.69, 9.17) is 9.47 Å². The zero-order chi connectivity index (χ0) is 16.1. The highest BCUT2D eigenvalue weighted by Gasteiger charge is 2.14. The average Bonchev–Trinajstić information content (AvgIpc) is 2.61. The normalized spacial score (nSPS) is 15.1. The third-order valence-electron chi connectivity index (χ3n) is 3.62. The second-order valence-corrected chi connectivity index (χ2v) is 5.13. The summed E-state index contributed by atoms with van der Waals surface area (Å²) in [5.41, 5.74) is 2.00. The van der Waals surface area contributed by atoms with Gasteiger partial charge in [-0.3, -0.25) is 4.99 Å². The van der Waals surface area contributed by atoms with Gasteiger partial charge in [-0.2, -0.15) is 0 Å². The van der Waals surface area contributed by atoms with Crippen molar-refractivity contribution in [3.63, 3.8) is 0 Å². The van der Waals surface area contributed by atoms with Gasteiger partial charge in [0.2, 0.25) is 5.88 Å². The number of anilines is 1. The number of aliphatic imine (C=N–C) groups is 1. The van der Waals surface area contributed by atoms with Crippen LogP contribution in [0.3, 0.4) is 0 Å². The molecule has 0 unspecified atom stereocenters. The summed E-state index contributed by atoms with van der Waals surface area (Å²) in [7, 11) is 1.56. The number of nitrogens with zero attached hydrogens (tertiary/aromatic N) is 3. The molecule has 2 heterocycles. The van der Waals surface area contributed by atoms with Crippen LogP contribution in [0.5, 0.6) is 5.88 Å². The summed E-state index contributed by atoms with van der Waals surface area (Å²) >= 11 is 0. The van der Waals surface area contributed by atoms with E-state index in [0.717, 1.165) is 0 Å². The van der Waals surface area contributed by atoms with Crippen molar-refractivity contribution >= 4 is 17.6 Å². The first-order chi connectivity index (χ1) is 11.3. The van der Waals surface area contributed by atoms with Crippen LogP contribution in [0.15, 0.2) is 41.5 Å². The van der Waals surface area contributed by atoms with Crippen LogP contribution in [0.4, 0.5) is 15.8 Å². The van der Waals surface area contributed by atoms with Gasteiger partial charge < -0.3 is 14.4 Å². The van der Waals surface area contributed by atoms with Crippen molar-refractivity contribution in [1.82, 2.24) is 4.98 Å². The molecule has 0 N–H and O–H groups in total. The molecular formula is C17H18FN3O2. The number of rotatable bonds is 4. The van der Waals surface area contributed by atoms with Crippen LogP contribution in [0.1, 0.15) is 5.56 Å². The first kappa shape index (κ1) is 15.4. The summed E-state index contributed by atoms with van der Waals surface area (Å²) in [5, 5.41) is 0. The molecule has 0 spiro atoms. The Morgan fingerprint density at radius 2 is 2.09 bits per heavy atom. The Morgan fingerprint density at radius 1 is 1.26 bits per heavy atom. The van der Waals surface area contributed by atoms with E-state index in [1.54, 1.807) is 37.7 Å². The third kappa shape index (κ3) is 3.84. The predicted octanol–water partition coefficient (Wildman–Crippen LogP) is 2.82. The van der Waals surface area contributed by atoms with E-state index < -0.39 is 0 Å². The van der Waals surface area contributed by atoms with Crippen LogP contribution < -0.4 is 9.64 Å². The lowest BCUT2D eigenvalue weighted by molar-refractivity contribution is 0.122. The maximum absolute atomic E-state index is 14.3. The quantitative estimate of drug-likeness (QED) is 0.814. The Kier molecular flexibility index (Phi) is 4.83. The molecule has 5 nitrogen and oxygen atoms in total. The molecule has 1 aliphatic heterocycles. The highest BCUT2D eigenvalue weighted by molar-refractivity contribution is 5.82. The van der Waals surface area contributed by atoms with E-state index in [-0.39, 0.29) is 5.82 Å². The van der Waals surface area contributed by atoms with Gasteiger partial charge in [0.25, 0.3) is 0 Å². The van der Waals surface area contributed by atoms with E-state index in [2.05, 4.69) is 9.98 Å². The number of aromatic nitrogens is 1. The van der Waals surface area contributed by atoms with Crippen LogP contribution >= 0.6 is 0 Å². The lowest BCUT2D eigenvalue weighted by Gasteiger charge is -2.29. The second-order valence-electron chi connectivity index (χ2n) is 5.13. The average molecular weight is 315 g/mol. The Hall–Kier alpha value is -2.47. The number of hydrogen-bond acceptors (Lipinski definition) is 5. The maximum atomic E-state index is 14.3. The minimum atomic E-state index is -0.247. The SMILES string of the molecule is COc1ccc(N=Cc2ccc(N3CCOCC3)c(F)c2)cn1. The Morgan fingerprint density at radius 3 is 2.74 bits per heavy atom. The zero-order valence-corrected chi connectivity index (χ0v) is 12.9. The summed E-state index contributed by atoms with van der Waals surface area (Å²) in [6.07, 6.45) is 3.23. The summed E-state index contributed by atoms with van der Waals surface area (Å²) < 4.78 is 24.6. The van der Waals surface area contributed by atoms with Crippen LogP contribution in [-0.2, 0) is 4.74 Å². The molecule has 0 atom stereocenters. The summed E-state index contributed by atoms with van der Waals surface area (Å²) in [6, 6.07) is 8.66. The van der Waals surface area contributed by atoms with Crippen LogP contribution in [0.25, 0.3) is 0 Å². The number of benzene rings is 1. The van der Waals surface area contributed by atoms with Gasteiger partial charge in [0, 0.05) is 25.4 Å². The monoisotopic (exact) mass is 315 g/mol. The lowest BCUT2D eigenvalue weighted by atomic mass is 10.2. The number of halogens is 1. The molecule has 23 heavy (non-hydrogen) atoms. The molecular weight excluding hydrogens is 297 g/mol. The molecule has 1 aromatic heterocycles. The van der Waals surface area contributed by atoms with Gasteiger partial charge in [0.15, 0.2) is 0 Å². The van der Waals surface area contributed by atoms with Gasteiger partial charge in [0.05, 0.1) is 37.9 Å². The van der Waals surface area contributed by atoms with Crippen molar-refractivity contribution in [3.8, 4) is 5.88 Å². The van der Waals surface area contributed by atoms with E-state index in [1.807, 2.05) is 11.0 Å². The Labute approximate surface area is 134 Å². The van der Waals surface area contributed by atoms with Crippen LogP contribution in [0.2, 0.25) is 0 Å².